The number of ether oxygens (including phenoxy) is 2. The van der Waals surface area contributed by atoms with Crippen molar-refractivity contribution in [3.05, 3.63) is 27.7 Å². The molecule has 1 aromatic rings. The van der Waals surface area contributed by atoms with Crippen LogP contribution in [0.3, 0.4) is 0 Å². The Morgan fingerprint density at radius 1 is 1.39 bits per heavy atom. The summed E-state index contributed by atoms with van der Waals surface area (Å²) in [7, 11) is 1.60. The Morgan fingerprint density at radius 2 is 2.11 bits per heavy atom. The first kappa shape index (κ1) is 14.8. The average Bonchev–Trinajstić information content (AvgIpc) is 2.38. The van der Waals surface area contributed by atoms with E-state index in [1.165, 1.54) is 0 Å². The zero-order chi connectivity index (χ0) is 13.5. The first-order chi connectivity index (χ1) is 8.65. The zero-order valence-corrected chi connectivity index (χ0v) is 12.4. The Bertz CT molecular complexity index is 453. The molecule has 0 spiro atoms. The van der Waals surface area contributed by atoms with Crippen LogP contribution in [0.5, 0.6) is 11.5 Å². The van der Waals surface area contributed by atoms with Crippen LogP contribution in [-0.4, -0.2) is 20.0 Å². The molecular weight excluding hydrogens is 296 g/mol. The number of benzene rings is 1. The van der Waals surface area contributed by atoms with E-state index in [1.54, 1.807) is 7.11 Å². The van der Waals surface area contributed by atoms with E-state index in [2.05, 4.69) is 15.9 Å². The van der Waals surface area contributed by atoms with Crippen LogP contribution in [0.15, 0.2) is 22.2 Å². The van der Waals surface area contributed by atoms with Crippen molar-refractivity contribution in [2.24, 2.45) is 0 Å². The van der Waals surface area contributed by atoms with Crippen molar-refractivity contribution in [3.8, 4) is 11.5 Å². The van der Waals surface area contributed by atoms with Crippen LogP contribution in [0, 0.1) is 0 Å². The standard InChI is InChI=1S/C14H17BrO3/c1-4-10(9-16)6-11-7-12(15)14(18-5-2)13(8-11)17-3/h6-9H,4-5H2,1-3H3. The van der Waals surface area contributed by atoms with Crippen LogP contribution in [-0.2, 0) is 4.79 Å². The molecule has 0 amide bonds. The number of rotatable bonds is 6. The van der Waals surface area contributed by atoms with Gasteiger partial charge in [-0.1, -0.05) is 6.92 Å². The van der Waals surface area contributed by atoms with Crippen molar-refractivity contribution in [2.75, 3.05) is 13.7 Å². The molecule has 0 atom stereocenters. The van der Waals surface area contributed by atoms with Gasteiger partial charge in [-0.2, -0.15) is 0 Å². The lowest BCUT2D eigenvalue weighted by atomic mass is 10.1. The Labute approximate surface area is 116 Å². The molecule has 0 heterocycles. The van der Waals surface area contributed by atoms with E-state index in [1.807, 2.05) is 32.1 Å². The third-order valence-electron chi connectivity index (χ3n) is 2.45. The average molecular weight is 313 g/mol. The van der Waals surface area contributed by atoms with Gasteiger partial charge in [0.1, 0.15) is 6.29 Å². The number of carbonyl (C=O) groups excluding carboxylic acids is 1. The fourth-order valence-corrected chi connectivity index (χ4v) is 2.12. The number of methoxy groups -OCH3 is 1. The van der Waals surface area contributed by atoms with Gasteiger partial charge in [-0.05, 0) is 58.6 Å². The minimum Gasteiger partial charge on any atom is -0.493 e. The van der Waals surface area contributed by atoms with Crippen molar-refractivity contribution in [1.29, 1.82) is 0 Å². The maximum atomic E-state index is 10.8. The summed E-state index contributed by atoms with van der Waals surface area (Å²) >= 11 is 3.45. The maximum absolute atomic E-state index is 10.8. The van der Waals surface area contributed by atoms with Gasteiger partial charge in [0.05, 0.1) is 18.2 Å². The van der Waals surface area contributed by atoms with Crippen LogP contribution in [0.2, 0.25) is 0 Å². The van der Waals surface area contributed by atoms with Crippen LogP contribution in [0.4, 0.5) is 0 Å². The molecule has 0 saturated heterocycles. The molecule has 0 unspecified atom stereocenters. The second-order valence-electron chi connectivity index (χ2n) is 3.66. The molecule has 0 bridgehead atoms. The minimum atomic E-state index is 0.568. The summed E-state index contributed by atoms with van der Waals surface area (Å²) in [6, 6.07) is 3.77. The lowest BCUT2D eigenvalue weighted by molar-refractivity contribution is -0.104. The number of hydrogen-bond donors (Lipinski definition) is 0. The molecule has 0 fully saturated rings. The van der Waals surface area contributed by atoms with Gasteiger partial charge in [0, 0.05) is 0 Å². The van der Waals surface area contributed by atoms with Crippen molar-refractivity contribution >= 4 is 28.3 Å². The first-order valence-electron chi connectivity index (χ1n) is 5.82. The van der Waals surface area contributed by atoms with E-state index in [4.69, 9.17) is 9.47 Å². The molecule has 18 heavy (non-hydrogen) atoms. The molecule has 0 aliphatic carbocycles. The predicted octanol–water partition coefficient (Wildman–Crippen LogP) is 3.85. The molecule has 4 heteroatoms. The van der Waals surface area contributed by atoms with Crippen molar-refractivity contribution < 1.29 is 14.3 Å². The lowest BCUT2D eigenvalue weighted by Gasteiger charge is -2.12. The minimum absolute atomic E-state index is 0.568. The SMILES string of the molecule is CCOc1c(Br)cc(C=C(C=O)CC)cc1OC. The van der Waals surface area contributed by atoms with Gasteiger partial charge in [-0.15, -0.1) is 0 Å². The van der Waals surface area contributed by atoms with Gasteiger partial charge in [0.25, 0.3) is 0 Å². The van der Waals surface area contributed by atoms with Crippen LogP contribution in [0.25, 0.3) is 6.08 Å². The van der Waals surface area contributed by atoms with E-state index < -0.39 is 0 Å². The fourth-order valence-electron chi connectivity index (χ4n) is 1.54. The van der Waals surface area contributed by atoms with Gasteiger partial charge in [0.2, 0.25) is 0 Å². The highest BCUT2D eigenvalue weighted by atomic mass is 79.9. The van der Waals surface area contributed by atoms with Gasteiger partial charge >= 0.3 is 0 Å². The van der Waals surface area contributed by atoms with Crippen LogP contribution >= 0.6 is 15.9 Å². The summed E-state index contributed by atoms with van der Waals surface area (Å²) in [4.78, 5) is 10.8. The third kappa shape index (κ3) is 3.60. The van der Waals surface area contributed by atoms with Gasteiger partial charge < -0.3 is 9.47 Å². The maximum Gasteiger partial charge on any atom is 0.175 e. The number of carbonyl (C=O) groups is 1. The van der Waals surface area contributed by atoms with Crippen molar-refractivity contribution in [2.45, 2.75) is 20.3 Å². The highest BCUT2D eigenvalue weighted by Gasteiger charge is 2.10. The third-order valence-corrected chi connectivity index (χ3v) is 3.04. The van der Waals surface area contributed by atoms with Crippen molar-refractivity contribution in [3.63, 3.8) is 0 Å². The lowest BCUT2D eigenvalue weighted by Crippen LogP contribution is -1.97. The molecular formula is C14H17BrO3. The summed E-state index contributed by atoms with van der Waals surface area (Å²) in [5.41, 5.74) is 1.65. The molecule has 0 aliphatic rings. The molecule has 0 N–H and O–H groups in total. The molecule has 0 saturated carbocycles. The summed E-state index contributed by atoms with van der Waals surface area (Å²) in [5, 5.41) is 0. The number of halogens is 1. The van der Waals surface area contributed by atoms with Crippen LogP contribution < -0.4 is 9.47 Å². The summed E-state index contributed by atoms with van der Waals surface area (Å²) in [6.45, 7) is 4.43. The van der Waals surface area contributed by atoms with E-state index >= 15 is 0 Å². The van der Waals surface area contributed by atoms with Crippen LogP contribution in [0.1, 0.15) is 25.8 Å². The van der Waals surface area contributed by atoms with E-state index in [0.29, 0.717) is 24.5 Å². The molecule has 1 aromatic carbocycles. The van der Waals surface area contributed by atoms with E-state index in [0.717, 1.165) is 21.9 Å². The smallest absolute Gasteiger partial charge is 0.175 e. The molecule has 0 radical (unpaired) electrons. The largest absolute Gasteiger partial charge is 0.493 e. The Hall–Kier alpha value is -1.29. The molecule has 3 nitrogen and oxygen atoms in total. The second kappa shape index (κ2) is 7.21. The highest BCUT2D eigenvalue weighted by molar-refractivity contribution is 9.10. The zero-order valence-electron chi connectivity index (χ0n) is 10.8. The molecule has 0 aliphatic heterocycles. The topological polar surface area (TPSA) is 35.5 Å². The summed E-state index contributed by atoms with van der Waals surface area (Å²) < 4.78 is 11.6. The Balaban J connectivity index is 3.21. The fraction of sp³-hybridized carbons (Fsp3) is 0.357. The monoisotopic (exact) mass is 312 g/mol. The Morgan fingerprint density at radius 3 is 2.61 bits per heavy atom. The summed E-state index contributed by atoms with van der Waals surface area (Å²) in [5.74, 6) is 1.33. The Kier molecular flexibility index (Phi) is 5.92. The van der Waals surface area contributed by atoms with Gasteiger partial charge in [-0.3, -0.25) is 4.79 Å². The van der Waals surface area contributed by atoms with Gasteiger partial charge in [-0.25, -0.2) is 0 Å². The second-order valence-corrected chi connectivity index (χ2v) is 4.51. The highest BCUT2D eigenvalue weighted by Crippen LogP contribution is 2.37. The number of aldehydes is 1. The van der Waals surface area contributed by atoms with Gasteiger partial charge in [0.15, 0.2) is 11.5 Å². The van der Waals surface area contributed by atoms with E-state index in [9.17, 15) is 4.79 Å². The molecule has 98 valence electrons. The van der Waals surface area contributed by atoms with E-state index in [-0.39, 0.29) is 0 Å². The first-order valence-corrected chi connectivity index (χ1v) is 6.61. The molecule has 0 aromatic heterocycles. The van der Waals surface area contributed by atoms with Crippen molar-refractivity contribution in [1.82, 2.24) is 0 Å². The quantitative estimate of drug-likeness (QED) is 0.591. The normalized spacial score (nSPS) is 11.2. The molecule has 1 rings (SSSR count). The number of allylic oxidation sites excluding steroid dienone is 1. The summed E-state index contributed by atoms with van der Waals surface area (Å²) in [6.07, 6.45) is 3.42. The number of hydrogen-bond acceptors (Lipinski definition) is 3. The predicted molar refractivity (Wildman–Crippen MR) is 76.2 cm³/mol.